The fourth-order valence-electron chi connectivity index (χ4n) is 1.97. The Morgan fingerprint density at radius 1 is 1.12 bits per heavy atom. The number of unbranched alkanes of at least 4 members (excludes halogenated alkanes) is 5. The van der Waals surface area contributed by atoms with E-state index in [1.54, 1.807) is 0 Å². The van der Waals surface area contributed by atoms with Gasteiger partial charge in [-0.05, 0) is 6.42 Å². The Balaban J connectivity index is 1.93. The van der Waals surface area contributed by atoms with Gasteiger partial charge in [0.1, 0.15) is 0 Å². The number of morpholine rings is 1. The molecule has 17 heavy (non-hydrogen) atoms. The number of carbonyl (C=O) groups is 1. The molecule has 1 rings (SSSR count). The summed E-state index contributed by atoms with van der Waals surface area (Å²) in [6.07, 6.45) is 8.01. The van der Waals surface area contributed by atoms with Crippen molar-refractivity contribution in [3.05, 3.63) is 0 Å². The Morgan fingerprint density at radius 2 is 1.76 bits per heavy atom. The number of nitrogens with one attached hydrogen (secondary N) is 1. The van der Waals surface area contributed by atoms with E-state index < -0.39 is 0 Å². The van der Waals surface area contributed by atoms with Crippen LogP contribution in [0.2, 0.25) is 0 Å². The van der Waals surface area contributed by atoms with Crippen LogP contribution >= 0.6 is 0 Å². The Kier molecular flexibility index (Phi) is 8.01. The Morgan fingerprint density at radius 3 is 2.47 bits per heavy atom. The number of rotatable bonds is 8. The fraction of sp³-hybridized carbons (Fsp3) is 0.923. The SMILES string of the molecule is CCCCCCCCC(=O)NN1CCOCC1. The van der Waals surface area contributed by atoms with Crippen LogP contribution in [0.4, 0.5) is 0 Å². The van der Waals surface area contributed by atoms with Gasteiger partial charge in [-0.2, -0.15) is 0 Å². The predicted octanol–water partition coefficient (Wildman–Crippen LogP) is 2.10. The number of hydrazine groups is 1. The molecular formula is C13H26N2O2. The standard InChI is InChI=1S/C13H26N2O2/c1-2-3-4-5-6-7-8-13(16)14-15-9-11-17-12-10-15/h2-12H2,1H3,(H,14,16). The van der Waals surface area contributed by atoms with Crippen LogP contribution in [0.3, 0.4) is 0 Å². The van der Waals surface area contributed by atoms with E-state index in [4.69, 9.17) is 4.74 Å². The third-order valence-corrected chi connectivity index (χ3v) is 3.05. The molecule has 1 N–H and O–H groups in total. The first-order chi connectivity index (χ1) is 8.33. The van der Waals surface area contributed by atoms with Crippen molar-refractivity contribution in [2.24, 2.45) is 0 Å². The molecular weight excluding hydrogens is 216 g/mol. The minimum absolute atomic E-state index is 0.155. The monoisotopic (exact) mass is 242 g/mol. The Labute approximate surface area is 105 Å². The van der Waals surface area contributed by atoms with E-state index in [0.29, 0.717) is 6.42 Å². The van der Waals surface area contributed by atoms with Gasteiger partial charge in [-0.25, -0.2) is 5.01 Å². The van der Waals surface area contributed by atoms with E-state index in [0.717, 1.165) is 32.7 Å². The zero-order valence-corrected chi connectivity index (χ0v) is 11.0. The molecule has 0 aromatic rings. The van der Waals surface area contributed by atoms with Gasteiger partial charge < -0.3 is 4.74 Å². The average molecular weight is 242 g/mol. The molecule has 0 bridgehead atoms. The smallest absolute Gasteiger partial charge is 0.234 e. The zero-order valence-electron chi connectivity index (χ0n) is 11.0. The van der Waals surface area contributed by atoms with Crippen molar-refractivity contribution in [1.29, 1.82) is 0 Å². The van der Waals surface area contributed by atoms with Crippen molar-refractivity contribution < 1.29 is 9.53 Å². The molecule has 0 atom stereocenters. The largest absolute Gasteiger partial charge is 0.379 e. The van der Waals surface area contributed by atoms with Gasteiger partial charge >= 0.3 is 0 Å². The van der Waals surface area contributed by atoms with Gasteiger partial charge in [0.15, 0.2) is 0 Å². The van der Waals surface area contributed by atoms with E-state index in [1.165, 1.54) is 32.1 Å². The van der Waals surface area contributed by atoms with Gasteiger partial charge in [-0.15, -0.1) is 0 Å². The van der Waals surface area contributed by atoms with E-state index in [9.17, 15) is 4.79 Å². The second-order valence-electron chi connectivity index (χ2n) is 4.65. The van der Waals surface area contributed by atoms with E-state index >= 15 is 0 Å². The molecule has 0 saturated carbocycles. The number of hydrogen-bond donors (Lipinski definition) is 1. The van der Waals surface area contributed by atoms with Gasteiger partial charge in [0.05, 0.1) is 13.2 Å². The van der Waals surface area contributed by atoms with Crippen LogP contribution in [0.25, 0.3) is 0 Å². The van der Waals surface area contributed by atoms with Crippen LogP contribution in [0.5, 0.6) is 0 Å². The molecule has 4 heteroatoms. The van der Waals surface area contributed by atoms with Gasteiger partial charge in [-0.1, -0.05) is 39.0 Å². The molecule has 100 valence electrons. The van der Waals surface area contributed by atoms with E-state index in [1.807, 2.05) is 5.01 Å². The maximum absolute atomic E-state index is 11.6. The fourth-order valence-corrected chi connectivity index (χ4v) is 1.97. The highest BCUT2D eigenvalue weighted by molar-refractivity contribution is 5.75. The molecule has 1 aliphatic rings. The van der Waals surface area contributed by atoms with Gasteiger partial charge in [-0.3, -0.25) is 10.2 Å². The second-order valence-corrected chi connectivity index (χ2v) is 4.65. The summed E-state index contributed by atoms with van der Waals surface area (Å²) < 4.78 is 5.22. The highest BCUT2D eigenvalue weighted by Crippen LogP contribution is 2.06. The summed E-state index contributed by atoms with van der Waals surface area (Å²) in [5, 5.41) is 1.96. The lowest BCUT2D eigenvalue weighted by molar-refractivity contribution is -0.128. The summed E-state index contributed by atoms with van der Waals surface area (Å²) in [5.74, 6) is 0.155. The summed E-state index contributed by atoms with van der Waals surface area (Å²) in [5.41, 5.74) is 2.94. The highest BCUT2D eigenvalue weighted by atomic mass is 16.5. The third kappa shape index (κ3) is 7.34. The molecule has 0 unspecified atom stereocenters. The first kappa shape index (κ1) is 14.5. The van der Waals surface area contributed by atoms with Crippen LogP contribution in [0.1, 0.15) is 51.9 Å². The molecule has 1 aliphatic heterocycles. The van der Waals surface area contributed by atoms with Crippen molar-refractivity contribution in [3.8, 4) is 0 Å². The molecule has 1 amide bonds. The summed E-state index contributed by atoms with van der Waals surface area (Å²) in [6, 6.07) is 0. The van der Waals surface area contributed by atoms with E-state index in [2.05, 4.69) is 12.3 Å². The van der Waals surface area contributed by atoms with Crippen molar-refractivity contribution in [3.63, 3.8) is 0 Å². The number of ether oxygens (including phenoxy) is 1. The zero-order chi connectivity index (χ0) is 12.3. The lowest BCUT2D eigenvalue weighted by atomic mass is 10.1. The average Bonchev–Trinajstić information content (AvgIpc) is 2.35. The maximum Gasteiger partial charge on any atom is 0.234 e. The van der Waals surface area contributed by atoms with Crippen LogP contribution < -0.4 is 5.43 Å². The molecule has 0 radical (unpaired) electrons. The summed E-state index contributed by atoms with van der Waals surface area (Å²) in [4.78, 5) is 11.6. The van der Waals surface area contributed by atoms with Crippen molar-refractivity contribution >= 4 is 5.91 Å². The third-order valence-electron chi connectivity index (χ3n) is 3.05. The minimum atomic E-state index is 0.155. The van der Waals surface area contributed by atoms with Crippen LogP contribution in [-0.4, -0.2) is 37.2 Å². The molecule has 1 fully saturated rings. The first-order valence-electron chi connectivity index (χ1n) is 6.95. The topological polar surface area (TPSA) is 41.6 Å². The predicted molar refractivity (Wildman–Crippen MR) is 68.5 cm³/mol. The quantitative estimate of drug-likeness (QED) is 0.663. The van der Waals surface area contributed by atoms with Crippen molar-refractivity contribution in [2.45, 2.75) is 51.9 Å². The van der Waals surface area contributed by atoms with Gasteiger partial charge in [0, 0.05) is 19.5 Å². The summed E-state index contributed by atoms with van der Waals surface area (Å²) in [7, 11) is 0. The van der Waals surface area contributed by atoms with Gasteiger partial charge in [0.2, 0.25) is 5.91 Å². The summed E-state index contributed by atoms with van der Waals surface area (Å²) in [6.45, 7) is 5.27. The molecule has 0 aromatic carbocycles. The van der Waals surface area contributed by atoms with Gasteiger partial charge in [0.25, 0.3) is 0 Å². The van der Waals surface area contributed by atoms with Crippen molar-refractivity contribution in [1.82, 2.24) is 10.4 Å². The van der Waals surface area contributed by atoms with Crippen LogP contribution in [0, 0.1) is 0 Å². The van der Waals surface area contributed by atoms with E-state index in [-0.39, 0.29) is 5.91 Å². The molecule has 0 aromatic heterocycles. The highest BCUT2D eigenvalue weighted by Gasteiger charge is 2.12. The first-order valence-corrected chi connectivity index (χ1v) is 6.95. The molecule has 1 heterocycles. The Bertz CT molecular complexity index is 204. The Hall–Kier alpha value is -0.610. The van der Waals surface area contributed by atoms with Crippen LogP contribution in [-0.2, 0) is 9.53 Å². The number of amides is 1. The molecule has 0 aliphatic carbocycles. The molecule has 0 spiro atoms. The number of carbonyl (C=O) groups excluding carboxylic acids is 1. The lowest BCUT2D eigenvalue weighted by Gasteiger charge is -2.26. The second kappa shape index (κ2) is 9.42. The minimum Gasteiger partial charge on any atom is -0.379 e. The number of hydrogen-bond acceptors (Lipinski definition) is 3. The maximum atomic E-state index is 11.6. The normalized spacial score (nSPS) is 17.0. The molecule has 1 saturated heterocycles. The number of nitrogens with zero attached hydrogens (tertiary/aromatic N) is 1. The lowest BCUT2D eigenvalue weighted by Crippen LogP contribution is -2.48. The van der Waals surface area contributed by atoms with Crippen LogP contribution in [0.15, 0.2) is 0 Å². The van der Waals surface area contributed by atoms with Crippen molar-refractivity contribution in [2.75, 3.05) is 26.3 Å². The summed E-state index contributed by atoms with van der Waals surface area (Å²) >= 11 is 0. The molecule has 4 nitrogen and oxygen atoms in total.